The SMILES string of the molecule is CN=C(NCc1ncc(-c2ccc(C)cc2)o1)NCC1CCCS1.I. The van der Waals surface area contributed by atoms with E-state index in [0.29, 0.717) is 17.7 Å². The van der Waals surface area contributed by atoms with Crippen LogP contribution in [0.25, 0.3) is 11.3 Å². The van der Waals surface area contributed by atoms with E-state index in [1.54, 1.807) is 13.2 Å². The molecule has 2 heterocycles. The first kappa shape index (κ1) is 20.1. The fraction of sp³-hybridized carbons (Fsp3) is 0.444. The smallest absolute Gasteiger partial charge is 0.214 e. The normalized spacial score (nSPS) is 17.2. The van der Waals surface area contributed by atoms with Crippen molar-refractivity contribution in [3.63, 3.8) is 0 Å². The number of guanidine groups is 1. The Balaban J connectivity index is 0.00000225. The quantitative estimate of drug-likeness (QED) is 0.394. The monoisotopic (exact) mass is 472 g/mol. The molecule has 0 bridgehead atoms. The summed E-state index contributed by atoms with van der Waals surface area (Å²) in [6.07, 6.45) is 4.38. The van der Waals surface area contributed by atoms with Gasteiger partial charge in [0.15, 0.2) is 11.7 Å². The topological polar surface area (TPSA) is 62.5 Å². The molecule has 1 unspecified atom stereocenters. The van der Waals surface area contributed by atoms with Crippen molar-refractivity contribution in [2.75, 3.05) is 19.3 Å². The van der Waals surface area contributed by atoms with Crippen molar-refractivity contribution in [2.24, 2.45) is 4.99 Å². The molecule has 0 aliphatic carbocycles. The largest absolute Gasteiger partial charge is 0.439 e. The zero-order valence-electron chi connectivity index (χ0n) is 14.6. The molecule has 2 N–H and O–H groups in total. The van der Waals surface area contributed by atoms with Gasteiger partial charge in [0.05, 0.1) is 12.7 Å². The first-order chi connectivity index (χ1) is 11.7. The lowest BCUT2D eigenvalue weighted by atomic mass is 10.1. The second kappa shape index (κ2) is 10.1. The Kier molecular flexibility index (Phi) is 8.08. The van der Waals surface area contributed by atoms with Gasteiger partial charge in [-0.25, -0.2) is 4.98 Å². The van der Waals surface area contributed by atoms with E-state index in [1.165, 1.54) is 24.2 Å². The number of oxazole rings is 1. The number of rotatable bonds is 5. The van der Waals surface area contributed by atoms with Gasteiger partial charge in [0.25, 0.3) is 0 Å². The van der Waals surface area contributed by atoms with Crippen LogP contribution in [0.3, 0.4) is 0 Å². The van der Waals surface area contributed by atoms with Crippen LogP contribution in [0.15, 0.2) is 39.9 Å². The molecule has 0 saturated carbocycles. The predicted octanol–water partition coefficient (Wildman–Crippen LogP) is 3.83. The van der Waals surface area contributed by atoms with Crippen molar-refractivity contribution in [3.8, 4) is 11.3 Å². The number of nitrogens with one attached hydrogen (secondary N) is 2. The average Bonchev–Trinajstić information content (AvgIpc) is 3.27. The number of aromatic nitrogens is 1. The van der Waals surface area contributed by atoms with E-state index in [0.717, 1.165) is 23.8 Å². The summed E-state index contributed by atoms with van der Waals surface area (Å²) in [6.45, 7) is 3.54. The highest BCUT2D eigenvalue weighted by molar-refractivity contribution is 14.0. The van der Waals surface area contributed by atoms with Gasteiger partial charge in [0, 0.05) is 24.4 Å². The van der Waals surface area contributed by atoms with Gasteiger partial charge in [-0.2, -0.15) is 11.8 Å². The van der Waals surface area contributed by atoms with E-state index in [9.17, 15) is 0 Å². The fourth-order valence-electron chi connectivity index (χ4n) is 2.64. The maximum Gasteiger partial charge on any atom is 0.214 e. The van der Waals surface area contributed by atoms with Crippen molar-refractivity contribution in [3.05, 3.63) is 41.9 Å². The Morgan fingerprint density at radius 1 is 1.32 bits per heavy atom. The van der Waals surface area contributed by atoms with Crippen molar-refractivity contribution in [2.45, 2.75) is 31.6 Å². The van der Waals surface area contributed by atoms with Crippen LogP contribution in [0.2, 0.25) is 0 Å². The second-order valence-electron chi connectivity index (χ2n) is 5.93. The maximum absolute atomic E-state index is 5.82. The van der Waals surface area contributed by atoms with E-state index >= 15 is 0 Å². The minimum absolute atomic E-state index is 0. The first-order valence-electron chi connectivity index (χ1n) is 8.32. The second-order valence-corrected chi connectivity index (χ2v) is 7.33. The number of nitrogens with zero attached hydrogens (tertiary/aromatic N) is 2. The Hall–Kier alpha value is -1.22. The summed E-state index contributed by atoms with van der Waals surface area (Å²) < 4.78 is 5.82. The summed E-state index contributed by atoms with van der Waals surface area (Å²) in [6, 6.07) is 8.24. The lowest BCUT2D eigenvalue weighted by Gasteiger charge is -2.13. The average molecular weight is 472 g/mol. The number of thioether (sulfide) groups is 1. The van der Waals surface area contributed by atoms with Crippen LogP contribution in [0.4, 0.5) is 0 Å². The van der Waals surface area contributed by atoms with Crippen molar-refractivity contribution >= 4 is 41.7 Å². The Morgan fingerprint density at radius 3 is 2.80 bits per heavy atom. The zero-order chi connectivity index (χ0) is 16.8. The molecule has 0 spiro atoms. The van der Waals surface area contributed by atoms with Gasteiger partial charge in [-0.15, -0.1) is 24.0 Å². The van der Waals surface area contributed by atoms with E-state index in [2.05, 4.69) is 39.7 Å². The van der Waals surface area contributed by atoms with Crippen LogP contribution < -0.4 is 10.6 Å². The summed E-state index contributed by atoms with van der Waals surface area (Å²) in [5, 5.41) is 7.32. The molecule has 1 aliphatic rings. The third kappa shape index (κ3) is 5.91. The third-order valence-electron chi connectivity index (χ3n) is 4.04. The van der Waals surface area contributed by atoms with E-state index in [1.807, 2.05) is 23.9 Å². The van der Waals surface area contributed by atoms with E-state index < -0.39 is 0 Å². The molecule has 5 nitrogen and oxygen atoms in total. The molecule has 1 saturated heterocycles. The van der Waals surface area contributed by atoms with Crippen LogP contribution in [0.5, 0.6) is 0 Å². The fourth-order valence-corrected chi connectivity index (χ4v) is 3.84. The zero-order valence-corrected chi connectivity index (χ0v) is 17.8. The summed E-state index contributed by atoms with van der Waals surface area (Å²) in [7, 11) is 1.78. The summed E-state index contributed by atoms with van der Waals surface area (Å²) >= 11 is 2.04. The first-order valence-corrected chi connectivity index (χ1v) is 9.37. The molecular weight excluding hydrogens is 447 g/mol. The minimum Gasteiger partial charge on any atom is -0.439 e. The van der Waals surface area contributed by atoms with Gasteiger partial charge < -0.3 is 15.1 Å². The third-order valence-corrected chi connectivity index (χ3v) is 5.44. The summed E-state index contributed by atoms with van der Waals surface area (Å²) in [5.41, 5.74) is 2.27. The molecule has 3 rings (SSSR count). The number of aryl methyl sites for hydroxylation is 1. The number of halogens is 1. The molecule has 2 aromatic rings. The van der Waals surface area contributed by atoms with Crippen LogP contribution in [-0.4, -0.2) is 35.5 Å². The molecule has 1 aliphatic heterocycles. The molecule has 0 radical (unpaired) electrons. The van der Waals surface area contributed by atoms with Gasteiger partial charge in [-0.05, 0) is 25.5 Å². The number of benzene rings is 1. The molecule has 0 amide bonds. The predicted molar refractivity (Wildman–Crippen MR) is 116 cm³/mol. The molecule has 7 heteroatoms. The summed E-state index contributed by atoms with van der Waals surface area (Å²) in [5.74, 6) is 3.51. The van der Waals surface area contributed by atoms with Crippen LogP contribution >= 0.6 is 35.7 Å². The molecule has 1 atom stereocenters. The lowest BCUT2D eigenvalue weighted by molar-refractivity contribution is 0.497. The van der Waals surface area contributed by atoms with Gasteiger partial charge in [-0.3, -0.25) is 4.99 Å². The lowest BCUT2D eigenvalue weighted by Crippen LogP contribution is -2.39. The molecule has 1 fully saturated rings. The Labute approximate surface area is 170 Å². The van der Waals surface area contributed by atoms with Crippen LogP contribution in [-0.2, 0) is 6.54 Å². The van der Waals surface area contributed by atoms with Gasteiger partial charge in [0.2, 0.25) is 5.89 Å². The van der Waals surface area contributed by atoms with Gasteiger partial charge in [0.1, 0.15) is 0 Å². The molecule has 1 aromatic carbocycles. The summed E-state index contributed by atoms with van der Waals surface area (Å²) in [4.78, 5) is 8.60. The van der Waals surface area contributed by atoms with Crippen LogP contribution in [0.1, 0.15) is 24.3 Å². The van der Waals surface area contributed by atoms with Gasteiger partial charge >= 0.3 is 0 Å². The molecular formula is C18H25IN4OS. The highest BCUT2D eigenvalue weighted by Crippen LogP contribution is 2.25. The van der Waals surface area contributed by atoms with E-state index in [-0.39, 0.29) is 24.0 Å². The standard InChI is InChI=1S/C18H24N4OS.HI/c1-13-5-7-14(8-6-13)16-11-20-17(23-16)12-22-18(19-2)21-10-15-4-3-9-24-15;/h5-8,11,15H,3-4,9-10,12H2,1-2H3,(H2,19,21,22);1H. The Morgan fingerprint density at radius 2 is 2.12 bits per heavy atom. The number of aliphatic imine (C=N–C) groups is 1. The van der Waals surface area contributed by atoms with Gasteiger partial charge in [-0.1, -0.05) is 29.8 Å². The highest BCUT2D eigenvalue weighted by Gasteiger charge is 2.15. The van der Waals surface area contributed by atoms with Crippen molar-refractivity contribution < 1.29 is 4.42 Å². The Bertz CT molecular complexity index is 681. The molecule has 136 valence electrons. The molecule has 25 heavy (non-hydrogen) atoms. The van der Waals surface area contributed by atoms with E-state index in [4.69, 9.17) is 4.42 Å². The number of hydrogen-bond acceptors (Lipinski definition) is 4. The maximum atomic E-state index is 5.82. The van der Waals surface area contributed by atoms with Crippen molar-refractivity contribution in [1.82, 2.24) is 15.6 Å². The molecule has 1 aromatic heterocycles. The van der Waals surface area contributed by atoms with Crippen molar-refractivity contribution in [1.29, 1.82) is 0 Å². The van der Waals surface area contributed by atoms with Crippen LogP contribution in [0, 0.1) is 6.92 Å². The highest BCUT2D eigenvalue weighted by atomic mass is 127. The minimum atomic E-state index is 0. The number of hydrogen-bond donors (Lipinski definition) is 2.